The van der Waals surface area contributed by atoms with Gasteiger partial charge in [-0.1, -0.05) is 41.4 Å². The molecule has 0 atom stereocenters. The van der Waals surface area contributed by atoms with E-state index in [0.717, 1.165) is 5.56 Å². The predicted molar refractivity (Wildman–Crippen MR) is 150 cm³/mol. The number of rotatable bonds is 8. The molecule has 0 saturated carbocycles. The summed E-state index contributed by atoms with van der Waals surface area (Å²) in [6.45, 7) is 1.60. The molecule has 3 aromatic carbocycles. The van der Waals surface area contributed by atoms with Gasteiger partial charge in [-0.25, -0.2) is 0 Å². The van der Waals surface area contributed by atoms with Crippen LogP contribution in [-0.2, 0) is 9.59 Å². The van der Waals surface area contributed by atoms with Crippen LogP contribution in [-0.4, -0.2) is 25.5 Å². The largest absolute Gasteiger partial charge is 0.493 e. The molecular formula is C26H20Cl2IN3O4. The maximum atomic E-state index is 12.6. The fourth-order valence-corrected chi connectivity index (χ4v) is 4.18. The third-order valence-corrected chi connectivity index (χ3v) is 6.39. The van der Waals surface area contributed by atoms with Crippen molar-refractivity contribution in [1.29, 1.82) is 5.26 Å². The SMILES string of the molecule is COc1cc(/C=C(\C#N)C(=O)Nc2ccccc2Cl)cc(I)c1OCC(=O)Nc1ccc(C)c(Cl)c1. The Morgan fingerprint density at radius 3 is 2.50 bits per heavy atom. The molecule has 3 aromatic rings. The van der Waals surface area contributed by atoms with Gasteiger partial charge in [0, 0.05) is 10.7 Å². The zero-order chi connectivity index (χ0) is 26.2. The van der Waals surface area contributed by atoms with Crippen LogP contribution in [0.1, 0.15) is 11.1 Å². The first-order valence-corrected chi connectivity index (χ1v) is 12.3. The first-order valence-electron chi connectivity index (χ1n) is 10.5. The van der Waals surface area contributed by atoms with E-state index in [1.807, 2.05) is 35.6 Å². The van der Waals surface area contributed by atoms with Crippen molar-refractivity contribution in [3.63, 3.8) is 0 Å². The Kier molecular flexibility index (Phi) is 9.58. The summed E-state index contributed by atoms with van der Waals surface area (Å²) >= 11 is 14.2. The highest BCUT2D eigenvalue weighted by molar-refractivity contribution is 14.1. The lowest BCUT2D eigenvalue weighted by Gasteiger charge is -2.14. The third-order valence-electron chi connectivity index (χ3n) is 4.85. The molecule has 0 aliphatic rings. The zero-order valence-electron chi connectivity index (χ0n) is 19.2. The van der Waals surface area contributed by atoms with Gasteiger partial charge in [0.25, 0.3) is 11.8 Å². The Morgan fingerprint density at radius 1 is 1.08 bits per heavy atom. The quantitative estimate of drug-likeness (QED) is 0.168. The standard InChI is InChI=1S/C26H20Cl2IN3O4/c1-15-7-8-18(12-20(15)28)31-24(33)14-36-25-21(29)10-16(11-23(25)35-2)9-17(13-30)26(34)32-22-6-4-3-5-19(22)27/h3-12H,14H2,1-2H3,(H,31,33)(H,32,34)/b17-9+. The topological polar surface area (TPSA) is 100 Å². The lowest BCUT2D eigenvalue weighted by molar-refractivity contribution is -0.118. The minimum absolute atomic E-state index is 0.127. The number of anilines is 2. The molecule has 2 N–H and O–H groups in total. The van der Waals surface area contributed by atoms with Gasteiger partial charge in [0.05, 0.1) is 21.4 Å². The molecule has 0 unspecified atom stereocenters. The molecule has 0 aromatic heterocycles. The molecule has 10 heteroatoms. The number of hydrogen-bond acceptors (Lipinski definition) is 5. The number of carbonyl (C=O) groups is 2. The highest BCUT2D eigenvalue weighted by Crippen LogP contribution is 2.35. The van der Waals surface area contributed by atoms with Crippen LogP contribution >= 0.6 is 45.8 Å². The lowest BCUT2D eigenvalue weighted by Crippen LogP contribution is -2.20. The molecule has 0 spiro atoms. The van der Waals surface area contributed by atoms with Crippen LogP contribution in [0.25, 0.3) is 6.08 Å². The van der Waals surface area contributed by atoms with E-state index in [2.05, 4.69) is 10.6 Å². The molecule has 0 aliphatic carbocycles. The van der Waals surface area contributed by atoms with Crippen LogP contribution in [0.3, 0.4) is 0 Å². The summed E-state index contributed by atoms with van der Waals surface area (Å²) in [6, 6.07) is 17.2. The van der Waals surface area contributed by atoms with Gasteiger partial charge in [-0.2, -0.15) is 5.26 Å². The van der Waals surface area contributed by atoms with Crippen molar-refractivity contribution in [2.75, 3.05) is 24.4 Å². The number of nitrogens with one attached hydrogen (secondary N) is 2. The highest BCUT2D eigenvalue weighted by atomic mass is 127. The molecule has 0 fully saturated rings. The van der Waals surface area contributed by atoms with Gasteiger partial charge in [0.2, 0.25) is 0 Å². The summed E-state index contributed by atoms with van der Waals surface area (Å²) in [4.78, 5) is 25.0. The molecule has 0 aliphatic heterocycles. The second-order valence-electron chi connectivity index (χ2n) is 7.44. The fourth-order valence-electron chi connectivity index (χ4n) is 3.04. The summed E-state index contributed by atoms with van der Waals surface area (Å²) in [7, 11) is 1.45. The minimum atomic E-state index is -0.604. The van der Waals surface area contributed by atoms with E-state index >= 15 is 0 Å². The van der Waals surface area contributed by atoms with Gasteiger partial charge >= 0.3 is 0 Å². The van der Waals surface area contributed by atoms with Crippen LogP contribution in [0.2, 0.25) is 10.0 Å². The molecular weight excluding hydrogens is 616 g/mol. The molecule has 3 rings (SSSR count). The number of ether oxygens (including phenoxy) is 2. The number of nitrogens with zero attached hydrogens (tertiary/aromatic N) is 1. The van der Waals surface area contributed by atoms with Crippen molar-refractivity contribution in [2.24, 2.45) is 0 Å². The molecule has 0 heterocycles. The van der Waals surface area contributed by atoms with E-state index in [1.165, 1.54) is 13.2 Å². The average molecular weight is 636 g/mol. The third kappa shape index (κ3) is 7.13. The molecule has 184 valence electrons. The zero-order valence-corrected chi connectivity index (χ0v) is 22.9. The van der Waals surface area contributed by atoms with Crippen molar-refractivity contribution >= 4 is 75.1 Å². The number of benzene rings is 3. The van der Waals surface area contributed by atoms with E-state index in [-0.39, 0.29) is 18.1 Å². The molecule has 0 bridgehead atoms. The number of nitriles is 1. The van der Waals surface area contributed by atoms with Crippen molar-refractivity contribution in [2.45, 2.75) is 6.92 Å². The van der Waals surface area contributed by atoms with E-state index < -0.39 is 5.91 Å². The smallest absolute Gasteiger partial charge is 0.266 e. The van der Waals surface area contributed by atoms with Gasteiger partial charge in [0.1, 0.15) is 11.6 Å². The molecule has 7 nitrogen and oxygen atoms in total. The summed E-state index contributed by atoms with van der Waals surface area (Å²) in [5.41, 5.74) is 2.26. The molecule has 0 radical (unpaired) electrons. The second-order valence-corrected chi connectivity index (χ2v) is 9.42. The fraction of sp³-hybridized carbons (Fsp3) is 0.115. The van der Waals surface area contributed by atoms with Gasteiger partial charge in [0.15, 0.2) is 18.1 Å². The van der Waals surface area contributed by atoms with Crippen molar-refractivity contribution in [3.05, 3.63) is 84.9 Å². The van der Waals surface area contributed by atoms with Crippen molar-refractivity contribution in [3.8, 4) is 17.6 Å². The summed E-state index contributed by atoms with van der Waals surface area (Å²) in [5, 5.41) is 15.8. The van der Waals surface area contributed by atoms with Gasteiger partial charge in [-0.15, -0.1) is 0 Å². The Labute approximate surface area is 232 Å². The van der Waals surface area contributed by atoms with Crippen molar-refractivity contribution in [1.82, 2.24) is 0 Å². The predicted octanol–water partition coefficient (Wildman–Crippen LogP) is 6.48. The van der Waals surface area contributed by atoms with Crippen molar-refractivity contribution < 1.29 is 19.1 Å². The Hall–Kier alpha value is -3.26. The van der Waals surface area contributed by atoms with Gasteiger partial charge in [-0.05, 0) is 83.1 Å². The summed E-state index contributed by atoms with van der Waals surface area (Å²) in [5.74, 6) is -0.290. The van der Waals surface area contributed by atoms with E-state index in [1.54, 1.807) is 54.6 Å². The van der Waals surface area contributed by atoms with Gasteiger partial charge in [-0.3, -0.25) is 9.59 Å². The van der Waals surface area contributed by atoms with Crippen LogP contribution in [0, 0.1) is 21.8 Å². The molecule has 2 amide bonds. The molecule has 36 heavy (non-hydrogen) atoms. The number of para-hydroxylation sites is 1. The number of halogens is 3. The van der Waals surface area contributed by atoms with E-state index in [9.17, 15) is 14.9 Å². The van der Waals surface area contributed by atoms with Crippen LogP contribution in [0.5, 0.6) is 11.5 Å². The highest BCUT2D eigenvalue weighted by Gasteiger charge is 2.16. The van der Waals surface area contributed by atoms with Crippen LogP contribution < -0.4 is 20.1 Å². The number of methoxy groups -OCH3 is 1. The number of amides is 2. The number of hydrogen-bond donors (Lipinski definition) is 2. The van der Waals surface area contributed by atoms with E-state index in [4.69, 9.17) is 32.7 Å². The Balaban J connectivity index is 1.74. The van der Waals surface area contributed by atoms with E-state index in [0.29, 0.717) is 42.1 Å². The average Bonchev–Trinajstić information content (AvgIpc) is 2.85. The van der Waals surface area contributed by atoms with Crippen LogP contribution in [0.15, 0.2) is 60.2 Å². The monoisotopic (exact) mass is 635 g/mol. The molecule has 0 saturated heterocycles. The minimum Gasteiger partial charge on any atom is -0.493 e. The van der Waals surface area contributed by atoms with Crippen LogP contribution in [0.4, 0.5) is 11.4 Å². The summed E-state index contributed by atoms with van der Waals surface area (Å²) < 4.78 is 11.8. The summed E-state index contributed by atoms with van der Waals surface area (Å²) in [6.07, 6.45) is 1.43. The maximum Gasteiger partial charge on any atom is 0.266 e. The lowest BCUT2D eigenvalue weighted by atomic mass is 10.1. The number of carbonyl (C=O) groups excluding carboxylic acids is 2. The Bertz CT molecular complexity index is 1390. The maximum absolute atomic E-state index is 12.6. The normalized spacial score (nSPS) is 10.8. The number of aryl methyl sites for hydroxylation is 1. The first-order chi connectivity index (χ1) is 17.2. The first kappa shape index (κ1) is 27.3. The second kappa shape index (κ2) is 12.6. The Morgan fingerprint density at radius 2 is 1.83 bits per heavy atom. The van der Waals surface area contributed by atoms with Gasteiger partial charge < -0.3 is 20.1 Å².